The molecule has 2 heterocycles. The Morgan fingerprint density at radius 3 is 2.33 bits per heavy atom. The summed E-state index contributed by atoms with van der Waals surface area (Å²) in [4.78, 5) is 68.8. The zero-order valence-electron chi connectivity index (χ0n) is 23.7. The van der Waals surface area contributed by atoms with Crippen LogP contribution < -0.4 is 4.90 Å². The molecule has 1 aromatic heterocycles. The van der Waals surface area contributed by atoms with Crippen molar-refractivity contribution >= 4 is 73.4 Å². The molecule has 12 heteroatoms. The Morgan fingerprint density at radius 1 is 1.02 bits per heavy atom. The van der Waals surface area contributed by atoms with Crippen molar-refractivity contribution < 1.29 is 28.8 Å². The minimum atomic E-state index is -0.793. The second-order valence-electron chi connectivity index (χ2n) is 10.8. The number of ketones is 1. The minimum Gasteiger partial charge on any atom is -0.454 e. The van der Waals surface area contributed by atoms with E-state index in [1.165, 1.54) is 17.0 Å². The average molecular weight is 689 g/mol. The van der Waals surface area contributed by atoms with E-state index in [9.17, 15) is 29.3 Å². The first-order chi connectivity index (χ1) is 21.5. The van der Waals surface area contributed by atoms with Gasteiger partial charge in [-0.1, -0.05) is 51.8 Å². The molecule has 1 fully saturated rings. The van der Waals surface area contributed by atoms with Gasteiger partial charge >= 0.3 is 5.97 Å². The first-order valence-corrected chi connectivity index (χ1v) is 15.1. The number of allylic oxidation sites excluding steroid dienone is 2. The Bertz CT molecular complexity index is 1950. The molecule has 6 rings (SSSR count). The maximum atomic E-state index is 13.4. The zero-order chi connectivity index (χ0) is 32.0. The molecule has 0 N–H and O–H groups in total. The zero-order valence-corrected chi connectivity index (χ0v) is 26.0. The number of rotatable bonds is 7. The highest BCUT2D eigenvalue weighted by atomic mass is 79.9. The first kappa shape index (κ1) is 30.3. The van der Waals surface area contributed by atoms with Gasteiger partial charge in [-0.15, -0.1) is 0 Å². The standard InChI is InChI=1S/C33H23BrClN3O7/c1-17-12-20(34)14-24-25(33(42)45-16-29(39)19-8-11-26(35)28(13-19)38(43)44)15-27(36-30(17)24)18-6-9-21(10-7-18)37-31(40)22-4-2-3-5-23(22)32(37)41/h2-3,6-15,22-23H,4-5,16H2,1H3. The number of benzene rings is 3. The van der Waals surface area contributed by atoms with Crippen LogP contribution in [0.15, 0.2) is 77.3 Å². The number of hydrogen-bond donors (Lipinski definition) is 0. The molecule has 2 aliphatic rings. The highest BCUT2D eigenvalue weighted by Gasteiger charge is 2.47. The number of aryl methyl sites for hydroxylation is 1. The number of anilines is 1. The van der Waals surface area contributed by atoms with Crippen LogP contribution in [0, 0.1) is 28.9 Å². The van der Waals surface area contributed by atoms with Crippen molar-refractivity contribution in [3.63, 3.8) is 0 Å². The molecule has 3 aromatic carbocycles. The number of nitro benzene ring substituents is 1. The third kappa shape index (κ3) is 5.65. The van der Waals surface area contributed by atoms with Crippen LogP contribution in [0.1, 0.15) is 39.1 Å². The summed E-state index contributed by atoms with van der Waals surface area (Å²) in [5.41, 5.74) is 2.53. The predicted octanol–water partition coefficient (Wildman–Crippen LogP) is 7.03. The van der Waals surface area contributed by atoms with Crippen LogP contribution in [-0.2, 0) is 14.3 Å². The molecular formula is C33H23BrClN3O7. The first-order valence-electron chi connectivity index (χ1n) is 13.9. The molecule has 0 bridgehead atoms. The number of esters is 1. The van der Waals surface area contributed by atoms with E-state index in [1.54, 1.807) is 36.4 Å². The van der Waals surface area contributed by atoms with E-state index >= 15 is 0 Å². The Kier molecular flexibility index (Phi) is 8.07. The maximum absolute atomic E-state index is 13.4. The largest absolute Gasteiger partial charge is 0.454 e. The van der Waals surface area contributed by atoms with E-state index < -0.39 is 29.0 Å². The van der Waals surface area contributed by atoms with Gasteiger partial charge in [-0.2, -0.15) is 0 Å². The number of carbonyl (C=O) groups is 4. The predicted molar refractivity (Wildman–Crippen MR) is 170 cm³/mol. The fraction of sp³-hybridized carbons (Fsp3) is 0.182. The summed E-state index contributed by atoms with van der Waals surface area (Å²) in [6.07, 6.45) is 4.97. The molecule has 0 saturated carbocycles. The van der Waals surface area contributed by atoms with Crippen molar-refractivity contribution in [1.82, 2.24) is 4.98 Å². The highest BCUT2D eigenvalue weighted by Crippen LogP contribution is 2.38. The lowest BCUT2D eigenvalue weighted by Gasteiger charge is -2.16. The molecule has 45 heavy (non-hydrogen) atoms. The number of amides is 2. The van der Waals surface area contributed by atoms with E-state index in [4.69, 9.17) is 21.3 Å². The third-order valence-corrected chi connectivity index (χ3v) is 8.79. The summed E-state index contributed by atoms with van der Waals surface area (Å²) in [5, 5.41) is 11.6. The summed E-state index contributed by atoms with van der Waals surface area (Å²) in [7, 11) is 0. The molecule has 226 valence electrons. The number of aromatic nitrogens is 1. The van der Waals surface area contributed by atoms with Crippen LogP contribution in [0.5, 0.6) is 0 Å². The highest BCUT2D eigenvalue weighted by molar-refractivity contribution is 9.10. The number of nitrogens with zero attached hydrogens (tertiary/aromatic N) is 3. The molecule has 4 aromatic rings. The topological polar surface area (TPSA) is 137 Å². The smallest absolute Gasteiger partial charge is 0.339 e. The van der Waals surface area contributed by atoms with E-state index in [0.717, 1.165) is 11.6 Å². The molecule has 10 nitrogen and oxygen atoms in total. The lowest BCUT2D eigenvalue weighted by Crippen LogP contribution is -2.30. The van der Waals surface area contributed by atoms with Gasteiger partial charge in [0.15, 0.2) is 6.61 Å². The van der Waals surface area contributed by atoms with Crippen molar-refractivity contribution in [2.45, 2.75) is 19.8 Å². The Balaban J connectivity index is 1.29. The lowest BCUT2D eigenvalue weighted by molar-refractivity contribution is -0.384. The van der Waals surface area contributed by atoms with E-state index in [1.807, 2.05) is 25.1 Å². The number of hydrogen-bond acceptors (Lipinski definition) is 8. The van der Waals surface area contributed by atoms with Gasteiger partial charge in [-0.3, -0.25) is 29.4 Å². The van der Waals surface area contributed by atoms with Crippen LogP contribution in [-0.4, -0.2) is 40.1 Å². The molecule has 1 aliphatic heterocycles. The molecule has 1 saturated heterocycles. The summed E-state index contributed by atoms with van der Waals surface area (Å²) in [6, 6.07) is 15.5. The van der Waals surface area contributed by atoms with Crippen molar-refractivity contribution in [1.29, 1.82) is 0 Å². The monoisotopic (exact) mass is 687 g/mol. The second kappa shape index (κ2) is 12.0. The Labute approximate surface area is 269 Å². The lowest BCUT2D eigenvalue weighted by atomic mass is 9.85. The molecule has 0 radical (unpaired) electrons. The summed E-state index contributed by atoms with van der Waals surface area (Å²) in [5.74, 6) is -2.54. The van der Waals surface area contributed by atoms with Gasteiger partial charge in [0.05, 0.1) is 39.2 Å². The van der Waals surface area contributed by atoms with Gasteiger partial charge in [0.25, 0.3) is 5.69 Å². The van der Waals surface area contributed by atoms with Gasteiger partial charge in [0, 0.05) is 27.1 Å². The number of pyridine rings is 1. The van der Waals surface area contributed by atoms with Crippen molar-refractivity contribution in [3.05, 3.63) is 109 Å². The van der Waals surface area contributed by atoms with Crippen LogP contribution in [0.2, 0.25) is 5.02 Å². The van der Waals surface area contributed by atoms with Crippen molar-refractivity contribution in [2.24, 2.45) is 11.8 Å². The molecule has 2 atom stereocenters. The van der Waals surface area contributed by atoms with Crippen molar-refractivity contribution in [2.75, 3.05) is 11.5 Å². The number of nitro groups is 1. The summed E-state index contributed by atoms with van der Waals surface area (Å²) in [6.45, 7) is 1.19. The minimum absolute atomic E-state index is 0.0247. The van der Waals surface area contributed by atoms with Gasteiger partial charge in [0.1, 0.15) is 5.02 Å². The normalized spacial score (nSPS) is 17.4. The number of fused-ring (bicyclic) bond motifs is 2. The number of halogens is 2. The molecule has 2 unspecified atom stereocenters. The quantitative estimate of drug-likeness (QED) is 0.0504. The van der Waals surface area contributed by atoms with E-state index in [-0.39, 0.29) is 39.8 Å². The third-order valence-electron chi connectivity index (χ3n) is 8.02. The number of carbonyl (C=O) groups excluding carboxylic acids is 4. The van der Waals surface area contributed by atoms with Crippen LogP contribution in [0.3, 0.4) is 0 Å². The van der Waals surface area contributed by atoms with E-state index in [2.05, 4.69) is 15.9 Å². The van der Waals surface area contributed by atoms with Gasteiger partial charge < -0.3 is 4.74 Å². The Hall–Kier alpha value is -4.74. The van der Waals surface area contributed by atoms with Crippen LogP contribution in [0.4, 0.5) is 11.4 Å². The fourth-order valence-electron chi connectivity index (χ4n) is 5.73. The number of Topliss-reactive ketones (excluding diaryl/α,β-unsaturated/α-hetero) is 1. The van der Waals surface area contributed by atoms with E-state index in [0.29, 0.717) is 45.2 Å². The fourth-order valence-corrected chi connectivity index (χ4v) is 6.49. The summed E-state index contributed by atoms with van der Waals surface area (Å²) < 4.78 is 6.10. The maximum Gasteiger partial charge on any atom is 0.339 e. The number of ether oxygens (including phenoxy) is 1. The number of imide groups is 1. The molecule has 1 aliphatic carbocycles. The molecular weight excluding hydrogens is 666 g/mol. The van der Waals surface area contributed by atoms with Crippen LogP contribution >= 0.6 is 27.5 Å². The van der Waals surface area contributed by atoms with Crippen molar-refractivity contribution in [3.8, 4) is 11.3 Å². The van der Waals surface area contributed by atoms with Crippen LogP contribution in [0.25, 0.3) is 22.2 Å². The average Bonchev–Trinajstić information content (AvgIpc) is 3.28. The Morgan fingerprint density at radius 2 is 1.69 bits per heavy atom. The van der Waals surface area contributed by atoms with Gasteiger partial charge in [-0.25, -0.2) is 9.78 Å². The molecule has 2 amide bonds. The van der Waals surface area contributed by atoms with Gasteiger partial charge in [0.2, 0.25) is 17.6 Å². The van der Waals surface area contributed by atoms with Gasteiger partial charge in [-0.05, 0) is 67.8 Å². The second-order valence-corrected chi connectivity index (χ2v) is 12.1. The summed E-state index contributed by atoms with van der Waals surface area (Å²) >= 11 is 9.30. The molecule has 0 spiro atoms. The SMILES string of the molecule is Cc1cc(Br)cc2c(C(=O)OCC(=O)c3ccc(Cl)c([N+](=O)[O-])c3)cc(-c3ccc(N4C(=O)C5CC=CCC5C4=O)cc3)nc12.